The van der Waals surface area contributed by atoms with Crippen molar-refractivity contribution < 1.29 is 22.8 Å². The number of ether oxygens (including phenoxy) is 3. The zero-order valence-corrected chi connectivity index (χ0v) is 22.9. The summed E-state index contributed by atoms with van der Waals surface area (Å²) in [7, 11) is 6.26. The van der Waals surface area contributed by atoms with Crippen LogP contribution in [0.5, 0.6) is 11.5 Å². The third-order valence-electron chi connectivity index (χ3n) is 6.19. The maximum absolute atomic E-state index is 15.8. The van der Waals surface area contributed by atoms with Crippen molar-refractivity contribution in [2.24, 2.45) is 0 Å². The second-order valence-electron chi connectivity index (χ2n) is 8.80. The molecular formula is C25H29FN8O4S. The lowest BCUT2D eigenvalue weighted by atomic mass is 10.2. The van der Waals surface area contributed by atoms with Crippen LogP contribution in [0.2, 0.25) is 0 Å². The number of rotatable bonds is 9. The van der Waals surface area contributed by atoms with E-state index in [0.717, 1.165) is 0 Å². The summed E-state index contributed by atoms with van der Waals surface area (Å²) in [6, 6.07) is 6.52. The number of aromatic nitrogens is 5. The fourth-order valence-electron chi connectivity index (χ4n) is 4.18. The van der Waals surface area contributed by atoms with Gasteiger partial charge in [0.15, 0.2) is 17.2 Å². The van der Waals surface area contributed by atoms with Gasteiger partial charge in [0, 0.05) is 51.7 Å². The van der Waals surface area contributed by atoms with Gasteiger partial charge < -0.3 is 24.0 Å². The van der Waals surface area contributed by atoms with Gasteiger partial charge in [0.1, 0.15) is 28.7 Å². The summed E-state index contributed by atoms with van der Waals surface area (Å²) in [5.41, 5.74) is 1.13. The van der Waals surface area contributed by atoms with Gasteiger partial charge in [-0.1, -0.05) is 0 Å². The molecule has 1 aliphatic heterocycles. The van der Waals surface area contributed by atoms with Crippen molar-refractivity contribution in [3.63, 3.8) is 0 Å². The van der Waals surface area contributed by atoms with Gasteiger partial charge in [0.05, 0.1) is 45.9 Å². The summed E-state index contributed by atoms with van der Waals surface area (Å²) in [4.78, 5) is 22.2. The van der Waals surface area contributed by atoms with Crippen LogP contribution >= 0.6 is 0 Å². The SMILES string of the molecule is COc1cc(OC)c(F)c(N(Cc2nccn2S(=O)N(C)C)c2ccc3ncc(N4CCOCC4)nc3n2)c1. The molecule has 4 aromatic rings. The largest absolute Gasteiger partial charge is 0.497 e. The van der Waals surface area contributed by atoms with Gasteiger partial charge in [-0.05, 0) is 12.1 Å². The number of fused-ring (bicyclic) bond motifs is 1. The van der Waals surface area contributed by atoms with Crippen LogP contribution in [0.25, 0.3) is 11.2 Å². The molecular weight excluding hydrogens is 527 g/mol. The van der Waals surface area contributed by atoms with Crippen molar-refractivity contribution in [2.75, 3.05) is 64.4 Å². The standard InChI is InChI=1S/C25H29FN8O4S/c1-31(2)39(35)34-8-7-27-23(34)16-33(19-13-17(36-3)14-20(37-4)24(19)26)21-6-5-18-25(29-21)30-22(15-28-18)32-9-11-38-12-10-32/h5-8,13-15H,9-12,16H2,1-4H3. The van der Waals surface area contributed by atoms with Gasteiger partial charge in [-0.3, -0.25) is 0 Å². The van der Waals surface area contributed by atoms with Crippen LogP contribution in [0.4, 0.5) is 21.7 Å². The van der Waals surface area contributed by atoms with E-state index in [1.165, 1.54) is 24.3 Å². The number of anilines is 3. The Morgan fingerprint density at radius 1 is 1.10 bits per heavy atom. The Kier molecular flexibility index (Phi) is 7.86. The smallest absolute Gasteiger partial charge is 0.203 e. The molecule has 3 aromatic heterocycles. The fraction of sp³-hybridized carbons (Fsp3) is 0.360. The zero-order chi connectivity index (χ0) is 27.5. The molecule has 4 heterocycles. The molecule has 1 fully saturated rings. The molecule has 14 heteroatoms. The average Bonchev–Trinajstić information content (AvgIpc) is 3.43. The number of hydrogen-bond donors (Lipinski definition) is 0. The molecule has 12 nitrogen and oxygen atoms in total. The Morgan fingerprint density at radius 3 is 2.62 bits per heavy atom. The molecule has 0 amide bonds. The molecule has 0 bridgehead atoms. The highest BCUT2D eigenvalue weighted by atomic mass is 32.2. The van der Waals surface area contributed by atoms with Gasteiger partial charge >= 0.3 is 0 Å². The Balaban J connectivity index is 1.63. The molecule has 206 valence electrons. The van der Waals surface area contributed by atoms with E-state index < -0.39 is 17.0 Å². The van der Waals surface area contributed by atoms with E-state index in [2.05, 4.69) is 14.9 Å². The van der Waals surface area contributed by atoms with Crippen LogP contribution in [0, 0.1) is 5.82 Å². The van der Waals surface area contributed by atoms with Gasteiger partial charge in [-0.2, -0.15) is 0 Å². The van der Waals surface area contributed by atoms with E-state index in [1.807, 2.05) is 0 Å². The van der Waals surface area contributed by atoms with E-state index in [4.69, 9.17) is 24.2 Å². The second kappa shape index (κ2) is 11.5. The molecule has 1 atom stereocenters. The third kappa shape index (κ3) is 5.48. The highest BCUT2D eigenvalue weighted by molar-refractivity contribution is 7.81. The monoisotopic (exact) mass is 556 g/mol. The van der Waals surface area contributed by atoms with Crippen molar-refractivity contribution in [3.05, 3.63) is 54.5 Å². The first-order valence-corrected chi connectivity index (χ1v) is 13.2. The summed E-state index contributed by atoms with van der Waals surface area (Å²) >= 11 is -1.53. The summed E-state index contributed by atoms with van der Waals surface area (Å²) < 4.78 is 47.9. The van der Waals surface area contributed by atoms with Crippen molar-refractivity contribution in [1.29, 1.82) is 0 Å². The number of halogens is 1. The topological polar surface area (TPSA) is 111 Å². The van der Waals surface area contributed by atoms with Crippen LogP contribution in [-0.2, 0) is 22.5 Å². The molecule has 1 aliphatic rings. The number of nitrogens with zero attached hydrogens (tertiary/aromatic N) is 8. The lowest BCUT2D eigenvalue weighted by Crippen LogP contribution is -2.36. The molecule has 0 aliphatic carbocycles. The van der Waals surface area contributed by atoms with Crippen LogP contribution < -0.4 is 19.3 Å². The molecule has 39 heavy (non-hydrogen) atoms. The molecule has 5 rings (SSSR count). The van der Waals surface area contributed by atoms with Crippen molar-refractivity contribution >= 4 is 39.7 Å². The number of methoxy groups -OCH3 is 2. The van der Waals surface area contributed by atoms with Gasteiger partial charge in [-0.15, -0.1) is 0 Å². The van der Waals surface area contributed by atoms with E-state index >= 15 is 4.39 Å². The molecule has 1 saturated heterocycles. The van der Waals surface area contributed by atoms with Gasteiger partial charge in [0.25, 0.3) is 0 Å². The van der Waals surface area contributed by atoms with E-state index in [9.17, 15) is 4.21 Å². The number of hydrogen-bond acceptors (Lipinski definition) is 10. The summed E-state index contributed by atoms with van der Waals surface area (Å²) in [5.74, 6) is 1.29. The van der Waals surface area contributed by atoms with E-state index in [1.54, 1.807) is 60.1 Å². The third-order valence-corrected chi connectivity index (χ3v) is 7.48. The fourth-order valence-corrected chi connectivity index (χ4v) is 4.97. The summed E-state index contributed by atoms with van der Waals surface area (Å²) in [6.45, 7) is 2.66. The van der Waals surface area contributed by atoms with Crippen LogP contribution in [0.3, 0.4) is 0 Å². The molecule has 0 saturated carbocycles. The molecule has 1 aromatic carbocycles. The zero-order valence-electron chi connectivity index (χ0n) is 22.1. The maximum atomic E-state index is 15.8. The first kappa shape index (κ1) is 26.7. The van der Waals surface area contributed by atoms with Crippen molar-refractivity contribution in [2.45, 2.75) is 6.54 Å². The first-order chi connectivity index (χ1) is 18.9. The van der Waals surface area contributed by atoms with Crippen molar-refractivity contribution in [3.8, 4) is 11.5 Å². The first-order valence-electron chi connectivity index (χ1n) is 12.2. The summed E-state index contributed by atoms with van der Waals surface area (Å²) in [6.07, 6.45) is 4.87. The Labute approximate surface area is 227 Å². The maximum Gasteiger partial charge on any atom is 0.203 e. The quantitative estimate of drug-likeness (QED) is 0.305. The minimum absolute atomic E-state index is 0.00439. The second-order valence-corrected chi connectivity index (χ2v) is 10.4. The van der Waals surface area contributed by atoms with Crippen LogP contribution in [-0.4, -0.2) is 87.0 Å². The number of morpholine rings is 1. The molecule has 0 radical (unpaired) electrons. The van der Waals surface area contributed by atoms with E-state index in [-0.39, 0.29) is 18.0 Å². The number of benzene rings is 1. The Hall–Kier alpha value is -3.88. The Bertz CT molecular complexity index is 1490. The minimum Gasteiger partial charge on any atom is -0.497 e. The highest BCUT2D eigenvalue weighted by Gasteiger charge is 2.24. The number of pyridine rings is 1. The predicted octanol–water partition coefficient (Wildman–Crippen LogP) is 2.54. The van der Waals surface area contributed by atoms with Crippen LogP contribution in [0.15, 0.2) is 42.9 Å². The summed E-state index contributed by atoms with van der Waals surface area (Å²) in [5, 5.41) is 0. The van der Waals surface area contributed by atoms with Gasteiger partial charge in [0.2, 0.25) is 11.2 Å². The van der Waals surface area contributed by atoms with Gasteiger partial charge in [-0.25, -0.2) is 36.8 Å². The normalized spacial score (nSPS) is 14.6. The highest BCUT2D eigenvalue weighted by Crippen LogP contribution is 2.37. The minimum atomic E-state index is -1.53. The number of imidazole rings is 1. The van der Waals surface area contributed by atoms with Crippen molar-refractivity contribution in [1.82, 2.24) is 28.2 Å². The molecule has 1 unspecified atom stereocenters. The van der Waals surface area contributed by atoms with Crippen LogP contribution in [0.1, 0.15) is 5.82 Å². The molecule has 0 spiro atoms. The lowest BCUT2D eigenvalue weighted by Gasteiger charge is -2.28. The lowest BCUT2D eigenvalue weighted by molar-refractivity contribution is 0.122. The molecule has 0 N–H and O–H groups in total. The Morgan fingerprint density at radius 2 is 1.90 bits per heavy atom. The average molecular weight is 557 g/mol. The van der Waals surface area contributed by atoms with E-state index in [0.29, 0.717) is 60.7 Å². The predicted molar refractivity (Wildman–Crippen MR) is 145 cm³/mol.